The molecule has 5 nitrogen and oxygen atoms in total. The smallest absolute Gasteiger partial charge is 0.190 e. The molecule has 6 heteroatoms. The average Bonchev–Trinajstić information content (AvgIpc) is 1.82. The van der Waals surface area contributed by atoms with E-state index in [1.54, 1.807) is 0 Å². The molecule has 12 heavy (non-hydrogen) atoms. The Bertz CT molecular complexity index is 317. The molecule has 1 aromatic carbocycles. The van der Waals surface area contributed by atoms with Crippen LogP contribution in [-0.4, -0.2) is 8.76 Å². The number of hydrogen-bond acceptors (Lipinski definition) is 4. The molecule has 0 saturated carbocycles. The van der Waals surface area contributed by atoms with Crippen molar-refractivity contribution in [1.82, 2.24) is 0 Å². The fourth-order valence-corrected chi connectivity index (χ4v) is 1.42. The van der Waals surface area contributed by atoms with Crippen LogP contribution < -0.4 is 17.2 Å². The highest BCUT2D eigenvalue weighted by Gasteiger charge is 2.10. The summed E-state index contributed by atoms with van der Waals surface area (Å²) >= 11 is -2.17. The topological polar surface area (TPSA) is 115 Å². The van der Waals surface area contributed by atoms with Gasteiger partial charge in [0.15, 0.2) is 11.1 Å². The number of nitrogen functional groups attached to an aromatic ring is 3. The van der Waals surface area contributed by atoms with E-state index in [-0.39, 0.29) is 16.3 Å². The molecule has 1 aromatic rings. The monoisotopic (exact) mass is 187 g/mol. The molecule has 0 aliphatic heterocycles. The summed E-state index contributed by atoms with van der Waals surface area (Å²) in [6.45, 7) is 0. The van der Waals surface area contributed by atoms with Gasteiger partial charge in [-0.1, -0.05) is 0 Å². The van der Waals surface area contributed by atoms with Gasteiger partial charge in [0, 0.05) is 5.69 Å². The van der Waals surface area contributed by atoms with Crippen LogP contribution in [0.2, 0.25) is 0 Å². The molecular weight excluding hydrogens is 178 g/mol. The lowest BCUT2D eigenvalue weighted by atomic mass is 10.2. The molecule has 0 saturated heterocycles. The average molecular weight is 187 g/mol. The fourth-order valence-electron chi connectivity index (χ4n) is 0.900. The third-order valence-electron chi connectivity index (χ3n) is 1.34. The van der Waals surface area contributed by atoms with E-state index in [0.717, 1.165) is 0 Å². The molecule has 0 aliphatic carbocycles. The molecule has 1 rings (SSSR count). The number of anilines is 3. The Kier molecular flexibility index (Phi) is 2.20. The highest BCUT2D eigenvalue weighted by molar-refractivity contribution is 7.79. The zero-order valence-corrected chi connectivity index (χ0v) is 6.97. The molecule has 66 valence electrons. The summed E-state index contributed by atoms with van der Waals surface area (Å²) in [6, 6.07) is 2.78. The van der Waals surface area contributed by atoms with E-state index >= 15 is 0 Å². The second-order valence-electron chi connectivity index (χ2n) is 2.28. The first-order chi connectivity index (χ1) is 5.52. The van der Waals surface area contributed by atoms with E-state index in [0.29, 0.717) is 5.69 Å². The summed E-state index contributed by atoms with van der Waals surface area (Å²) in [5.74, 6) is 0. The van der Waals surface area contributed by atoms with Crippen LogP contribution in [0, 0.1) is 0 Å². The maximum absolute atomic E-state index is 10.7. The standard InChI is InChI=1S/C6H9N3O2S/c7-3-1-4(8)6(12(10)11)5(9)2-3/h1-2H,7-9H2,(H,10,11). The number of hydrogen-bond donors (Lipinski definition) is 4. The molecule has 7 N–H and O–H groups in total. The summed E-state index contributed by atoms with van der Waals surface area (Å²) in [6.07, 6.45) is 0. The number of rotatable bonds is 1. The van der Waals surface area contributed by atoms with Crippen molar-refractivity contribution in [2.75, 3.05) is 17.2 Å². The number of benzene rings is 1. The largest absolute Gasteiger partial charge is 0.399 e. The Labute approximate surface area is 71.8 Å². The zero-order valence-electron chi connectivity index (χ0n) is 6.15. The van der Waals surface area contributed by atoms with Gasteiger partial charge < -0.3 is 21.8 Å². The van der Waals surface area contributed by atoms with Crippen molar-refractivity contribution in [3.8, 4) is 0 Å². The van der Waals surface area contributed by atoms with E-state index < -0.39 is 11.1 Å². The molecule has 1 atom stereocenters. The Morgan fingerprint density at radius 3 is 1.92 bits per heavy atom. The van der Waals surface area contributed by atoms with Gasteiger partial charge in [-0.15, -0.1) is 0 Å². The summed E-state index contributed by atoms with van der Waals surface area (Å²) in [7, 11) is 0. The summed E-state index contributed by atoms with van der Waals surface area (Å²) in [5, 5.41) is 0. The first-order valence-electron chi connectivity index (χ1n) is 3.07. The van der Waals surface area contributed by atoms with E-state index in [1.165, 1.54) is 12.1 Å². The van der Waals surface area contributed by atoms with Gasteiger partial charge in [-0.25, -0.2) is 4.21 Å². The molecule has 0 bridgehead atoms. The lowest BCUT2D eigenvalue weighted by Crippen LogP contribution is -2.03. The van der Waals surface area contributed by atoms with Crippen LogP contribution in [0.1, 0.15) is 0 Å². The molecule has 0 aliphatic rings. The normalized spacial score (nSPS) is 12.8. The summed E-state index contributed by atoms with van der Waals surface area (Å²) in [5.41, 5.74) is 16.8. The molecule has 0 amide bonds. The minimum Gasteiger partial charge on any atom is -0.399 e. The summed E-state index contributed by atoms with van der Waals surface area (Å²) in [4.78, 5) is 0.0178. The van der Waals surface area contributed by atoms with Gasteiger partial charge in [-0.3, -0.25) is 0 Å². The Balaban J connectivity index is 3.38. The molecule has 1 unspecified atom stereocenters. The van der Waals surface area contributed by atoms with Crippen molar-refractivity contribution in [3.05, 3.63) is 12.1 Å². The molecular formula is C6H9N3O2S. The lowest BCUT2D eigenvalue weighted by Gasteiger charge is -2.05. The maximum Gasteiger partial charge on any atom is 0.190 e. The van der Waals surface area contributed by atoms with Gasteiger partial charge in [-0.2, -0.15) is 0 Å². The first-order valence-corrected chi connectivity index (χ1v) is 4.18. The van der Waals surface area contributed by atoms with Crippen LogP contribution >= 0.6 is 0 Å². The second-order valence-corrected chi connectivity index (χ2v) is 3.18. The maximum atomic E-state index is 10.7. The third-order valence-corrected chi connectivity index (χ3v) is 2.16. The van der Waals surface area contributed by atoms with E-state index in [9.17, 15) is 4.21 Å². The van der Waals surface area contributed by atoms with Crippen molar-refractivity contribution in [3.63, 3.8) is 0 Å². The fraction of sp³-hybridized carbons (Fsp3) is 0. The highest BCUT2D eigenvalue weighted by atomic mass is 32.2. The second kappa shape index (κ2) is 3.00. The molecule has 0 radical (unpaired) electrons. The quantitative estimate of drug-likeness (QED) is 0.365. The van der Waals surface area contributed by atoms with Crippen molar-refractivity contribution in [1.29, 1.82) is 0 Å². The minimum absolute atomic E-state index is 0.0178. The van der Waals surface area contributed by atoms with Crippen molar-refractivity contribution >= 4 is 28.1 Å². The van der Waals surface area contributed by atoms with Crippen LogP contribution in [0.5, 0.6) is 0 Å². The van der Waals surface area contributed by atoms with Gasteiger partial charge in [0.2, 0.25) is 0 Å². The Morgan fingerprint density at radius 1 is 1.17 bits per heavy atom. The third kappa shape index (κ3) is 1.49. The molecule has 0 aromatic heterocycles. The van der Waals surface area contributed by atoms with Crippen LogP contribution in [0.25, 0.3) is 0 Å². The Hall–Kier alpha value is -1.27. The van der Waals surface area contributed by atoms with E-state index in [2.05, 4.69) is 0 Å². The predicted octanol–water partition coefficient (Wildman–Crippen LogP) is 0.0138. The van der Waals surface area contributed by atoms with Gasteiger partial charge in [0.25, 0.3) is 0 Å². The predicted molar refractivity (Wildman–Crippen MR) is 48.7 cm³/mol. The van der Waals surface area contributed by atoms with Crippen molar-refractivity contribution in [2.45, 2.75) is 4.90 Å². The summed E-state index contributed by atoms with van der Waals surface area (Å²) < 4.78 is 19.4. The molecule has 0 heterocycles. The van der Waals surface area contributed by atoms with Crippen molar-refractivity contribution < 1.29 is 8.76 Å². The molecule has 0 fully saturated rings. The molecule has 0 spiro atoms. The Morgan fingerprint density at radius 2 is 1.58 bits per heavy atom. The van der Waals surface area contributed by atoms with Crippen LogP contribution in [0.4, 0.5) is 17.1 Å². The number of nitrogens with two attached hydrogens (primary N) is 3. The highest BCUT2D eigenvalue weighted by Crippen LogP contribution is 2.25. The lowest BCUT2D eigenvalue weighted by molar-refractivity contribution is 0.565. The van der Waals surface area contributed by atoms with Gasteiger partial charge in [0.1, 0.15) is 4.90 Å². The SMILES string of the molecule is Nc1cc(N)c(S(=O)O)c(N)c1. The van der Waals surface area contributed by atoms with E-state index in [1.807, 2.05) is 0 Å². The first kappa shape index (κ1) is 8.82. The van der Waals surface area contributed by atoms with Crippen molar-refractivity contribution in [2.24, 2.45) is 0 Å². The van der Waals surface area contributed by atoms with Gasteiger partial charge >= 0.3 is 0 Å². The zero-order chi connectivity index (χ0) is 9.30. The van der Waals surface area contributed by atoms with Crippen LogP contribution in [-0.2, 0) is 11.1 Å². The van der Waals surface area contributed by atoms with Gasteiger partial charge in [0.05, 0.1) is 11.4 Å². The minimum atomic E-state index is -2.17. The van der Waals surface area contributed by atoms with Crippen LogP contribution in [0.3, 0.4) is 0 Å². The van der Waals surface area contributed by atoms with E-state index in [4.69, 9.17) is 21.8 Å². The van der Waals surface area contributed by atoms with Crippen LogP contribution in [0.15, 0.2) is 17.0 Å². The van der Waals surface area contributed by atoms with Gasteiger partial charge in [-0.05, 0) is 12.1 Å².